The zero-order valence-electron chi connectivity index (χ0n) is 10.2. The normalized spacial score (nSPS) is 10.0. The van der Waals surface area contributed by atoms with E-state index in [4.69, 9.17) is 10.2 Å². The zero-order chi connectivity index (χ0) is 14.7. The molecule has 0 spiro atoms. The van der Waals surface area contributed by atoms with Gasteiger partial charge in [0.25, 0.3) is 0 Å². The number of carbonyl (C=O) groups is 3. The zero-order valence-corrected chi connectivity index (χ0v) is 10.2. The molecule has 0 unspecified atom stereocenters. The van der Waals surface area contributed by atoms with Crippen LogP contribution in [0, 0.1) is 0 Å². The number of ketones is 1. The fourth-order valence-corrected chi connectivity index (χ4v) is 1.89. The van der Waals surface area contributed by atoms with Crippen LogP contribution in [0.2, 0.25) is 0 Å². The second kappa shape index (κ2) is 5.36. The number of rotatable bonds is 4. The molecule has 2 aromatic carbocycles. The van der Waals surface area contributed by atoms with Gasteiger partial charge in [0.2, 0.25) is 0 Å². The predicted octanol–water partition coefficient (Wildman–Crippen LogP) is 2.31. The van der Waals surface area contributed by atoms with Gasteiger partial charge in [-0.25, -0.2) is 9.59 Å². The predicted molar refractivity (Wildman–Crippen MR) is 70.2 cm³/mol. The standard InChI is InChI=1S/C15H10O5/c16-13(9-5-2-1-3-6-9)12-10(14(17)18)7-4-8-11(12)15(19)20/h1-8H,(H,17,18)(H,19,20). The molecule has 5 nitrogen and oxygen atoms in total. The lowest BCUT2D eigenvalue weighted by atomic mass is 9.93. The van der Waals surface area contributed by atoms with Crippen molar-refractivity contribution in [1.29, 1.82) is 0 Å². The Hall–Kier alpha value is -2.95. The van der Waals surface area contributed by atoms with E-state index in [1.54, 1.807) is 18.2 Å². The Morgan fingerprint density at radius 3 is 1.65 bits per heavy atom. The summed E-state index contributed by atoms with van der Waals surface area (Å²) in [6.07, 6.45) is 0. The van der Waals surface area contributed by atoms with Crippen molar-refractivity contribution in [2.75, 3.05) is 0 Å². The topological polar surface area (TPSA) is 91.7 Å². The number of hydrogen-bond acceptors (Lipinski definition) is 3. The molecule has 0 amide bonds. The lowest BCUT2D eigenvalue weighted by Gasteiger charge is -2.09. The summed E-state index contributed by atoms with van der Waals surface area (Å²) in [5.74, 6) is -3.30. The van der Waals surface area contributed by atoms with Crippen LogP contribution in [0.4, 0.5) is 0 Å². The lowest BCUT2D eigenvalue weighted by molar-refractivity contribution is 0.0690. The highest BCUT2D eigenvalue weighted by Gasteiger charge is 2.24. The van der Waals surface area contributed by atoms with Crippen molar-refractivity contribution in [1.82, 2.24) is 0 Å². The van der Waals surface area contributed by atoms with Crippen molar-refractivity contribution in [3.05, 3.63) is 70.8 Å². The molecule has 0 aliphatic carbocycles. The van der Waals surface area contributed by atoms with Gasteiger partial charge in [0, 0.05) is 5.56 Å². The molecule has 0 aromatic heterocycles. The highest BCUT2D eigenvalue weighted by molar-refractivity contribution is 6.18. The molecule has 100 valence electrons. The molecular formula is C15H10O5. The van der Waals surface area contributed by atoms with Crippen LogP contribution in [-0.4, -0.2) is 27.9 Å². The molecule has 0 fully saturated rings. The van der Waals surface area contributed by atoms with Gasteiger partial charge in [0.05, 0.1) is 16.7 Å². The molecule has 2 N–H and O–H groups in total. The summed E-state index contributed by atoms with van der Waals surface area (Å²) in [5, 5.41) is 18.2. The third-order valence-electron chi connectivity index (χ3n) is 2.79. The molecule has 0 saturated heterocycles. The van der Waals surface area contributed by atoms with Gasteiger partial charge in [-0.3, -0.25) is 4.79 Å². The van der Waals surface area contributed by atoms with Gasteiger partial charge >= 0.3 is 11.9 Å². The Morgan fingerprint density at radius 2 is 1.20 bits per heavy atom. The summed E-state index contributed by atoms with van der Waals surface area (Å²) in [7, 11) is 0. The highest BCUT2D eigenvalue weighted by Crippen LogP contribution is 2.20. The van der Waals surface area contributed by atoms with Crippen LogP contribution in [0.25, 0.3) is 0 Å². The summed E-state index contributed by atoms with van der Waals surface area (Å²) in [5.41, 5.74) is -0.708. The summed E-state index contributed by atoms with van der Waals surface area (Å²) in [4.78, 5) is 34.7. The molecule has 20 heavy (non-hydrogen) atoms. The molecule has 0 bridgehead atoms. The van der Waals surface area contributed by atoms with Crippen molar-refractivity contribution in [2.45, 2.75) is 0 Å². The smallest absolute Gasteiger partial charge is 0.336 e. The monoisotopic (exact) mass is 270 g/mol. The third-order valence-corrected chi connectivity index (χ3v) is 2.79. The number of hydrogen-bond donors (Lipinski definition) is 2. The van der Waals surface area contributed by atoms with Gasteiger partial charge in [0.15, 0.2) is 5.78 Å². The van der Waals surface area contributed by atoms with E-state index in [1.165, 1.54) is 30.3 Å². The number of carboxylic acid groups (broad SMARTS) is 2. The van der Waals surface area contributed by atoms with E-state index in [1.807, 2.05) is 0 Å². The second-order valence-corrected chi connectivity index (χ2v) is 4.03. The van der Waals surface area contributed by atoms with Crippen molar-refractivity contribution in [2.24, 2.45) is 0 Å². The van der Waals surface area contributed by atoms with E-state index in [2.05, 4.69) is 0 Å². The average Bonchev–Trinajstić information content (AvgIpc) is 2.46. The molecule has 2 aromatic rings. The van der Waals surface area contributed by atoms with Crippen molar-refractivity contribution >= 4 is 17.7 Å². The first-order valence-electron chi connectivity index (χ1n) is 5.71. The molecule has 0 heterocycles. The SMILES string of the molecule is O=C(O)c1cccc(C(=O)O)c1C(=O)c1ccccc1. The van der Waals surface area contributed by atoms with Crippen LogP contribution >= 0.6 is 0 Å². The van der Waals surface area contributed by atoms with E-state index in [0.717, 1.165) is 0 Å². The minimum Gasteiger partial charge on any atom is -0.478 e. The van der Waals surface area contributed by atoms with Gasteiger partial charge in [0.1, 0.15) is 0 Å². The maximum atomic E-state index is 12.4. The Balaban J connectivity index is 2.68. The van der Waals surface area contributed by atoms with Crippen molar-refractivity contribution in [3.63, 3.8) is 0 Å². The Kier molecular flexibility index (Phi) is 3.61. The quantitative estimate of drug-likeness (QED) is 0.832. The Labute approximate surface area is 114 Å². The van der Waals surface area contributed by atoms with Crippen LogP contribution in [0.1, 0.15) is 36.6 Å². The Morgan fingerprint density at radius 1 is 0.700 bits per heavy atom. The van der Waals surface area contributed by atoms with Gasteiger partial charge in [-0.1, -0.05) is 36.4 Å². The number of carboxylic acids is 2. The van der Waals surface area contributed by atoms with Crippen molar-refractivity contribution in [3.8, 4) is 0 Å². The average molecular weight is 270 g/mol. The first kappa shape index (κ1) is 13.5. The van der Waals surface area contributed by atoms with Crippen LogP contribution in [0.15, 0.2) is 48.5 Å². The minimum atomic E-state index is -1.34. The molecule has 0 atom stereocenters. The van der Waals surface area contributed by atoms with E-state index in [9.17, 15) is 14.4 Å². The maximum absolute atomic E-state index is 12.4. The minimum absolute atomic E-state index is 0.240. The molecular weight excluding hydrogens is 260 g/mol. The van der Waals surface area contributed by atoms with Gasteiger partial charge in [-0.2, -0.15) is 0 Å². The van der Waals surface area contributed by atoms with Crippen LogP contribution < -0.4 is 0 Å². The second-order valence-electron chi connectivity index (χ2n) is 4.03. The Bertz CT molecular complexity index is 656. The summed E-state index contributed by atoms with van der Waals surface area (Å²) < 4.78 is 0. The largest absolute Gasteiger partial charge is 0.478 e. The van der Waals surface area contributed by atoms with Crippen LogP contribution in [0.5, 0.6) is 0 Å². The van der Waals surface area contributed by atoms with Crippen LogP contribution in [0.3, 0.4) is 0 Å². The van der Waals surface area contributed by atoms with E-state index in [-0.39, 0.29) is 22.3 Å². The fraction of sp³-hybridized carbons (Fsp3) is 0. The number of benzene rings is 2. The van der Waals surface area contributed by atoms with E-state index in [0.29, 0.717) is 0 Å². The van der Waals surface area contributed by atoms with E-state index >= 15 is 0 Å². The molecule has 0 aliphatic heterocycles. The maximum Gasteiger partial charge on any atom is 0.336 e. The molecule has 5 heteroatoms. The van der Waals surface area contributed by atoms with Gasteiger partial charge < -0.3 is 10.2 Å². The highest BCUT2D eigenvalue weighted by atomic mass is 16.4. The first-order chi connectivity index (χ1) is 9.52. The van der Waals surface area contributed by atoms with Crippen molar-refractivity contribution < 1.29 is 24.6 Å². The first-order valence-corrected chi connectivity index (χ1v) is 5.71. The summed E-state index contributed by atoms with van der Waals surface area (Å²) in [6, 6.07) is 11.7. The molecule has 2 rings (SSSR count). The van der Waals surface area contributed by atoms with Gasteiger partial charge in [-0.05, 0) is 12.1 Å². The third kappa shape index (κ3) is 2.42. The van der Waals surface area contributed by atoms with E-state index < -0.39 is 17.7 Å². The molecule has 0 saturated carbocycles. The molecule has 0 radical (unpaired) electrons. The number of aromatic carboxylic acids is 2. The summed E-state index contributed by atoms with van der Waals surface area (Å²) >= 11 is 0. The fourth-order valence-electron chi connectivity index (χ4n) is 1.89. The lowest BCUT2D eigenvalue weighted by Crippen LogP contribution is -2.15. The summed E-state index contributed by atoms with van der Waals surface area (Å²) in [6.45, 7) is 0. The van der Waals surface area contributed by atoms with Crippen LogP contribution in [-0.2, 0) is 0 Å². The molecule has 0 aliphatic rings. The number of carbonyl (C=O) groups excluding carboxylic acids is 1. The van der Waals surface area contributed by atoms with Gasteiger partial charge in [-0.15, -0.1) is 0 Å².